The molecule has 0 radical (unpaired) electrons. The molecule has 0 aliphatic carbocycles. The minimum Gasteiger partial charge on any atom is -0.469 e. The quantitative estimate of drug-likeness (QED) is 0.816. The summed E-state index contributed by atoms with van der Waals surface area (Å²) in [6.07, 6.45) is 2.06. The van der Waals surface area contributed by atoms with Gasteiger partial charge in [0, 0.05) is 25.7 Å². The fraction of sp³-hybridized carbons (Fsp3) is 0.600. The van der Waals surface area contributed by atoms with Crippen molar-refractivity contribution in [2.45, 2.75) is 58.2 Å². The van der Waals surface area contributed by atoms with Crippen molar-refractivity contribution in [3.8, 4) is 0 Å². The predicted octanol–water partition coefficient (Wildman–Crippen LogP) is 2.89. The number of rotatable bonds is 5. The van der Waals surface area contributed by atoms with Crippen molar-refractivity contribution in [3.05, 3.63) is 35.4 Å². The van der Waals surface area contributed by atoms with E-state index in [1.165, 1.54) is 7.11 Å². The van der Waals surface area contributed by atoms with Crippen LogP contribution in [0.15, 0.2) is 24.3 Å². The molecule has 1 saturated heterocycles. The Labute approximate surface area is 155 Å². The highest BCUT2D eigenvalue weighted by atomic mass is 16.6. The summed E-state index contributed by atoms with van der Waals surface area (Å²) in [7, 11) is 1.39. The van der Waals surface area contributed by atoms with Gasteiger partial charge < -0.3 is 19.7 Å². The van der Waals surface area contributed by atoms with Crippen LogP contribution in [0.2, 0.25) is 0 Å². The summed E-state index contributed by atoms with van der Waals surface area (Å²) in [5, 5.41) is 3.52. The lowest BCUT2D eigenvalue weighted by Crippen LogP contribution is -2.49. The first kappa shape index (κ1) is 20.2. The van der Waals surface area contributed by atoms with Gasteiger partial charge in [0.05, 0.1) is 13.5 Å². The van der Waals surface area contributed by atoms with Crippen molar-refractivity contribution < 1.29 is 19.1 Å². The molecule has 1 atom stereocenters. The van der Waals surface area contributed by atoms with Crippen molar-refractivity contribution in [3.63, 3.8) is 0 Å². The Morgan fingerprint density at radius 2 is 1.85 bits per heavy atom. The average molecular weight is 362 g/mol. The molecule has 1 fully saturated rings. The van der Waals surface area contributed by atoms with E-state index in [4.69, 9.17) is 4.74 Å². The minimum absolute atomic E-state index is 0.236. The molecule has 6 heteroatoms. The van der Waals surface area contributed by atoms with Crippen molar-refractivity contribution >= 4 is 12.1 Å². The Morgan fingerprint density at radius 3 is 2.46 bits per heavy atom. The number of carbonyl (C=O) groups is 2. The van der Waals surface area contributed by atoms with Gasteiger partial charge in [0.1, 0.15) is 5.60 Å². The third kappa shape index (κ3) is 6.67. The SMILES string of the molecule is COC(=O)Cc1ccc(CN[C@@H]2CCCN(C(=O)OC(C)(C)C)C2)cc1. The molecule has 0 bridgehead atoms. The van der Waals surface area contributed by atoms with Crippen molar-refractivity contribution in [1.82, 2.24) is 10.2 Å². The Morgan fingerprint density at radius 1 is 1.19 bits per heavy atom. The normalized spacial score (nSPS) is 17.7. The van der Waals surface area contributed by atoms with Gasteiger partial charge in [-0.2, -0.15) is 0 Å². The number of benzene rings is 1. The van der Waals surface area contributed by atoms with Crippen LogP contribution in [-0.4, -0.2) is 48.8 Å². The van der Waals surface area contributed by atoms with E-state index >= 15 is 0 Å². The highest BCUT2D eigenvalue weighted by Gasteiger charge is 2.27. The van der Waals surface area contributed by atoms with Crippen LogP contribution in [0.1, 0.15) is 44.7 Å². The number of methoxy groups -OCH3 is 1. The molecule has 1 N–H and O–H groups in total. The van der Waals surface area contributed by atoms with Crippen LogP contribution in [-0.2, 0) is 27.2 Å². The number of carbonyl (C=O) groups excluding carboxylic acids is 2. The molecule has 1 heterocycles. The number of nitrogens with zero attached hydrogens (tertiary/aromatic N) is 1. The molecule has 0 spiro atoms. The lowest BCUT2D eigenvalue weighted by Gasteiger charge is -2.34. The summed E-state index contributed by atoms with van der Waals surface area (Å²) < 4.78 is 10.1. The highest BCUT2D eigenvalue weighted by molar-refractivity contribution is 5.72. The largest absolute Gasteiger partial charge is 0.469 e. The monoisotopic (exact) mass is 362 g/mol. The third-order valence-corrected chi connectivity index (χ3v) is 4.27. The summed E-state index contributed by atoms with van der Waals surface area (Å²) >= 11 is 0. The van der Waals surface area contributed by atoms with Gasteiger partial charge in [-0.05, 0) is 44.7 Å². The van der Waals surface area contributed by atoms with Crippen molar-refractivity contribution in [2.24, 2.45) is 0 Å². The number of amides is 1. The number of nitrogens with one attached hydrogen (secondary N) is 1. The zero-order chi connectivity index (χ0) is 19.2. The first-order chi connectivity index (χ1) is 12.3. The highest BCUT2D eigenvalue weighted by Crippen LogP contribution is 2.16. The van der Waals surface area contributed by atoms with Gasteiger partial charge >= 0.3 is 12.1 Å². The van der Waals surface area contributed by atoms with Crippen LogP contribution in [0.5, 0.6) is 0 Å². The predicted molar refractivity (Wildman–Crippen MR) is 99.8 cm³/mol. The second kappa shape index (κ2) is 9.03. The smallest absolute Gasteiger partial charge is 0.410 e. The molecule has 0 aromatic heterocycles. The van der Waals surface area contributed by atoms with Gasteiger partial charge in [0.25, 0.3) is 0 Å². The third-order valence-electron chi connectivity index (χ3n) is 4.27. The van der Waals surface area contributed by atoms with Crippen molar-refractivity contribution in [1.29, 1.82) is 0 Å². The molecule has 26 heavy (non-hydrogen) atoms. The topological polar surface area (TPSA) is 67.9 Å². The number of esters is 1. The maximum Gasteiger partial charge on any atom is 0.410 e. The van der Waals surface area contributed by atoms with Crippen LogP contribution in [0.4, 0.5) is 4.79 Å². The summed E-state index contributed by atoms with van der Waals surface area (Å²) in [5.74, 6) is -0.236. The first-order valence-electron chi connectivity index (χ1n) is 9.13. The Kier molecular flexibility index (Phi) is 7.03. The van der Waals surface area contributed by atoms with Gasteiger partial charge in [0.15, 0.2) is 0 Å². The summed E-state index contributed by atoms with van der Waals surface area (Å²) in [6, 6.07) is 8.18. The maximum atomic E-state index is 12.2. The Hall–Kier alpha value is -2.08. The molecule has 0 saturated carbocycles. The molecular weight excluding hydrogens is 332 g/mol. The zero-order valence-corrected chi connectivity index (χ0v) is 16.2. The van der Waals surface area contributed by atoms with E-state index in [-0.39, 0.29) is 24.5 Å². The van der Waals surface area contributed by atoms with Gasteiger partial charge in [-0.3, -0.25) is 4.79 Å². The van der Waals surface area contributed by atoms with E-state index in [1.807, 2.05) is 45.0 Å². The molecule has 1 aromatic carbocycles. The molecule has 1 aliphatic rings. The van der Waals surface area contributed by atoms with Crippen LogP contribution in [0, 0.1) is 0 Å². The summed E-state index contributed by atoms with van der Waals surface area (Å²) in [5.41, 5.74) is 1.62. The second-order valence-electron chi connectivity index (χ2n) is 7.72. The summed E-state index contributed by atoms with van der Waals surface area (Å²) in [6.45, 7) is 7.79. The number of hydrogen-bond acceptors (Lipinski definition) is 5. The van der Waals surface area contributed by atoms with Gasteiger partial charge in [-0.25, -0.2) is 4.79 Å². The number of piperidine rings is 1. The van der Waals surface area contributed by atoms with Crippen LogP contribution in [0.25, 0.3) is 0 Å². The molecule has 1 aliphatic heterocycles. The average Bonchev–Trinajstić information content (AvgIpc) is 2.60. The van der Waals surface area contributed by atoms with E-state index in [9.17, 15) is 9.59 Å². The molecule has 1 aromatic rings. The van der Waals surface area contributed by atoms with E-state index < -0.39 is 5.60 Å². The second-order valence-corrected chi connectivity index (χ2v) is 7.72. The lowest BCUT2D eigenvalue weighted by molar-refractivity contribution is -0.139. The van der Waals surface area contributed by atoms with Crippen LogP contribution in [0.3, 0.4) is 0 Å². The molecule has 1 amide bonds. The van der Waals surface area contributed by atoms with Crippen molar-refractivity contribution in [2.75, 3.05) is 20.2 Å². The first-order valence-corrected chi connectivity index (χ1v) is 9.13. The van der Waals surface area contributed by atoms with Crippen LogP contribution < -0.4 is 5.32 Å². The summed E-state index contributed by atoms with van der Waals surface area (Å²) in [4.78, 5) is 25.3. The number of likely N-dealkylation sites (tertiary alicyclic amines) is 1. The Balaban J connectivity index is 1.81. The van der Waals surface area contributed by atoms with E-state index in [0.717, 1.165) is 37.1 Å². The molecular formula is C20H30N2O4. The molecule has 2 rings (SSSR count). The fourth-order valence-electron chi connectivity index (χ4n) is 2.91. The molecule has 6 nitrogen and oxygen atoms in total. The van der Waals surface area contributed by atoms with Gasteiger partial charge in [0.2, 0.25) is 0 Å². The molecule has 0 unspecified atom stereocenters. The minimum atomic E-state index is -0.469. The van der Waals surface area contributed by atoms with E-state index in [2.05, 4.69) is 10.1 Å². The maximum absolute atomic E-state index is 12.2. The Bertz CT molecular complexity index is 607. The number of hydrogen-bond donors (Lipinski definition) is 1. The van der Waals surface area contributed by atoms with E-state index in [1.54, 1.807) is 4.90 Å². The number of ether oxygens (including phenoxy) is 2. The fourth-order valence-corrected chi connectivity index (χ4v) is 2.91. The van der Waals surface area contributed by atoms with Gasteiger partial charge in [-0.15, -0.1) is 0 Å². The van der Waals surface area contributed by atoms with E-state index in [0.29, 0.717) is 6.54 Å². The standard InChI is InChI=1S/C20H30N2O4/c1-20(2,3)26-19(24)22-11-5-6-17(14-22)21-13-16-9-7-15(8-10-16)12-18(23)25-4/h7-10,17,21H,5-6,11-14H2,1-4H3/t17-/m1/s1. The molecule has 144 valence electrons. The van der Waals surface area contributed by atoms with Gasteiger partial charge in [-0.1, -0.05) is 24.3 Å². The lowest BCUT2D eigenvalue weighted by atomic mass is 10.0. The van der Waals surface area contributed by atoms with Crippen LogP contribution >= 0.6 is 0 Å². The zero-order valence-electron chi connectivity index (χ0n) is 16.2.